The van der Waals surface area contributed by atoms with Crippen molar-refractivity contribution in [1.82, 2.24) is 9.78 Å². The van der Waals surface area contributed by atoms with Crippen LogP contribution in [-0.4, -0.2) is 9.78 Å². The van der Waals surface area contributed by atoms with Crippen molar-refractivity contribution in [2.45, 2.75) is 46.0 Å². The highest BCUT2D eigenvalue weighted by molar-refractivity contribution is 5.27. The van der Waals surface area contributed by atoms with E-state index in [1.807, 2.05) is 6.92 Å². The van der Waals surface area contributed by atoms with E-state index in [-0.39, 0.29) is 11.4 Å². The third kappa shape index (κ3) is 1.56. The molecule has 0 amide bonds. The Kier molecular flexibility index (Phi) is 2.98. The van der Waals surface area contributed by atoms with Crippen LogP contribution in [0.5, 0.6) is 0 Å². The van der Waals surface area contributed by atoms with Gasteiger partial charge < -0.3 is 0 Å². The summed E-state index contributed by atoms with van der Waals surface area (Å²) in [6, 6.07) is 0. The molecule has 0 radical (unpaired) electrons. The summed E-state index contributed by atoms with van der Waals surface area (Å²) in [5.74, 6) is -0.186. The van der Waals surface area contributed by atoms with Gasteiger partial charge in [-0.1, -0.05) is 20.8 Å². The van der Waals surface area contributed by atoms with Crippen molar-refractivity contribution < 1.29 is 4.39 Å². The first kappa shape index (κ1) is 11.2. The van der Waals surface area contributed by atoms with Gasteiger partial charge in [0.15, 0.2) is 0 Å². The van der Waals surface area contributed by atoms with Crippen LogP contribution in [0.25, 0.3) is 0 Å². The zero-order chi connectivity index (χ0) is 10.9. The quantitative estimate of drug-likeness (QED) is 0.730. The summed E-state index contributed by atoms with van der Waals surface area (Å²) < 4.78 is 15.1. The molecule has 0 N–H and O–H groups in total. The van der Waals surface area contributed by atoms with Crippen LogP contribution in [0.3, 0.4) is 0 Å². The molecule has 0 unspecified atom stereocenters. The highest BCUT2D eigenvalue weighted by Crippen LogP contribution is 2.34. The zero-order valence-electron chi connectivity index (χ0n) is 9.69. The lowest BCUT2D eigenvalue weighted by Crippen LogP contribution is -2.21. The minimum Gasteiger partial charge on any atom is -0.242 e. The smallest absolute Gasteiger partial charge is 0.215 e. The van der Waals surface area contributed by atoms with E-state index < -0.39 is 0 Å². The van der Waals surface area contributed by atoms with E-state index in [1.165, 1.54) is 4.68 Å². The predicted octanol–water partition coefficient (Wildman–Crippen LogP) is 2.95. The Morgan fingerprint density at radius 2 is 1.86 bits per heavy atom. The summed E-state index contributed by atoms with van der Waals surface area (Å²) in [6.07, 6.45) is 1.87. The molecule has 0 aliphatic rings. The standard InChI is InChI=1S/C11H19FN2/c1-6-11(4,7-2)9-8(3)13-14(5)10(9)12/h6-7H2,1-5H3. The number of hydrogen-bond donors (Lipinski definition) is 0. The first-order chi connectivity index (χ1) is 6.46. The van der Waals surface area contributed by atoms with Crippen LogP contribution in [0.15, 0.2) is 0 Å². The Balaban J connectivity index is 3.29. The van der Waals surface area contributed by atoms with Crippen molar-refractivity contribution in [3.05, 3.63) is 17.2 Å². The Morgan fingerprint density at radius 3 is 2.14 bits per heavy atom. The van der Waals surface area contributed by atoms with Crippen LogP contribution < -0.4 is 0 Å². The van der Waals surface area contributed by atoms with E-state index in [0.29, 0.717) is 0 Å². The third-order valence-corrected chi connectivity index (χ3v) is 3.32. The molecule has 0 spiro atoms. The van der Waals surface area contributed by atoms with E-state index in [0.717, 1.165) is 24.1 Å². The van der Waals surface area contributed by atoms with E-state index in [9.17, 15) is 4.39 Å². The Morgan fingerprint density at radius 1 is 1.36 bits per heavy atom. The van der Waals surface area contributed by atoms with Crippen LogP contribution >= 0.6 is 0 Å². The molecule has 0 fully saturated rings. The monoisotopic (exact) mass is 198 g/mol. The fourth-order valence-electron chi connectivity index (χ4n) is 1.92. The molecule has 14 heavy (non-hydrogen) atoms. The molecule has 0 bridgehead atoms. The number of rotatable bonds is 3. The molecule has 1 aromatic rings. The van der Waals surface area contributed by atoms with Crippen molar-refractivity contribution in [1.29, 1.82) is 0 Å². The second-order valence-corrected chi connectivity index (χ2v) is 4.14. The maximum atomic E-state index is 13.8. The lowest BCUT2D eigenvalue weighted by Gasteiger charge is -2.26. The van der Waals surface area contributed by atoms with Gasteiger partial charge in [0.25, 0.3) is 0 Å². The van der Waals surface area contributed by atoms with Gasteiger partial charge >= 0.3 is 0 Å². The van der Waals surface area contributed by atoms with Crippen molar-refractivity contribution in [3.63, 3.8) is 0 Å². The molecule has 80 valence electrons. The predicted molar refractivity (Wildman–Crippen MR) is 55.8 cm³/mol. The van der Waals surface area contributed by atoms with Crippen LogP contribution in [-0.2, 0) is 12.5 Å². The average molecular weight is 198 g/mol. The molecule has 0 saturated heterocycles. The maximum absolute atomic E-state index is 13.8. The van der Waals surface area contributed by atoms with Gasteiger partial charge in [0.1, 0.15) is 0 Å². The van der Waals surface area contributed by atoms with Gasteiger partial charge in [-0.15, -0.1) is 0 Å². The number of hydrogen-bond acceptors (Lipinski definition) is 1. The van der Waals surface area contributed by atoms with Crippen molar-refractivity contribution in [2.24, 2.45) is 7.05 Å². The fraction of sp³-hybridized carbons (Fsp3) is 0.727. The minimum absolute atomic E-state index is 0.0809. The molecule has 1 rings (SSSR count). The van der Waals surface area contributed by atoms with E-state index >= 15 is 0 Å². The van der Waals surface area contributed by atoms with Crippen LogP contribution in [0.4, 0.5) is 4.39 Å². The van der Waals surface area contributed by atoms with Crippen LogP contribution in [0.1, 0.15) is 44.9 Å². The molecular weight excluding hydrogens is 179 g/mol. The van der Waals surface area contributed by atoms with Crippen molar-refractivity contribution in [3.8, 4) is 0 Å². The van der Waals surface area contributed by atoms with Crippen LogP contribution in [0, 0.1) is 12.9 Å². The van der Waals surface area contributed by atoms with Gasteiger partial charge in [0.05, 0.1) is 5.69 Å². The first-order valence-corrected chi connectivity index (χ1v) is 5.15. The minimum atomic E-state index is -0.186. The molecule has 2 nitrogen and oxygen atoms in total. The Labute approximate surface area is 85.1 Å². The van der Waals surface area contributed by atoms with Gasteiger partial charge in [-0.05, 0) is 25.2 Å². The van der Waals surface area contributed by atoms with E-state index in [4.69, 9.17) is 0 Å². The summed E-state index contributed by atoms with van der Waals surface area (Å²) in [5, 5.41) is 4.11. The maximum Gasteiger partial charge on any atom is 0.215 e. The summed E-state index contributed by atoms with van der Waals surface area (Å²) in [5.41, 5.74) is 1.52. The number of halogens is 1. The highest BCUT2D eigenvalue weighted by atomic mass is 19.1. The summed E-state index contributed by atoms with van der Waals surface area (Å²) >= 11 is 0. The molecule has 0 saturated carbocycles. The molecule has 3 heteroatoms. The lowest BCUT2D eigenvalue weighted by atomic mass is 9.78. The van der Waals surface area contributed by atoms with Gasteiger partial charge in [-0.2, -0.15) is 9.49 Å². The molecule has 1 heterocycles. The summed E-state index contributed by atoms with van der Waals surface area (Å²) in [4.78, 5) is 0. The normalized spacial score (nSPS) is 12.1. The number of aryl methyl sites for hydroxylation is 2. The SMILES string of the molecule is CCC(C)(CC)c1c(C)nn(C)c1F. The van der Waals surface area contributed by atoms with Gasteiger partial charge in [-0.25, -0.2) is 4.68 Å². The van der Waals surface area contributed by atoms with Crippen molar-refractivity contribution in [2.75, 3.05) is 0 Å². The largest absolute Gasteiger partial charge is 0.242 e. The van der Waals surface area contributed by atoms with Crippen LogP contribution in [0.2, 0.25) is 0 Å². The van der Waals surface area contributed by atoms with Gasteiger partial charge in [-0.3, -0.25) is 0 Å². The van der Waals surface area contributed by atoms with Gasteiger partial charge in [0.2, 0.25) is 5.95 Å². The summed E-state index contributed by atoms with van der Waals surface area (Å²) in [6.45, 7) is 8.16. The van der Waals surface area contributed by atoms with Gasteiger partial charge in [0, 0.05) is 12.6 Å². The number of aromatic nitrogens is 2. The molecule has 1 aromatic heterocycles. The molecular formula is C11H19FN2. The summed E-state index contributed by atoms with van der Waals surface area (Å²) in [7, 11) is 1.65. The molecule has 0 aromatic carbocycles. The van der Waals surface area contributed by atoms with E-state index in [2.05, 4.69) is 25.9 Å². The Bertz CT molecular complexity index is 324. The molecule has 0 aliphatic carbocycles. The second kappa shape index (κ2) is 3.71. The van der Waals surface area contributed by atoms with Crippen molar-refractivity contribution >= 4 is 0 Å². The molecule has 0 aliphatic heterocycles. The average Bonchev–Trinajstić information content (AvgIpc) is 2.41. The van der Waals surface area contributed by atoms with E-state index in [1.54, 1.807) is 7.05 Å². The number of nitrogens with zero attached hydrogens (tertiary/aromatic N) is 2. The first-order valence-electron chi connectivity index (χ1n) is 5.15. The topological polar surface area (TPSA) is 17.8 Å². The Hall–Kier alpha value is -0.860. The second-order valence-electron chi connectivity index (χ2n) is 4.14. The highest BCUT2D eigenvalue weighted by Gasteiger charge is 2.30. The third-order valence-electron chi connectivity index (χ3n) is 3.32. The molecule has 0 atom stereocenters. The lowest BCUT2D eigenvalue weighted by molar-refractivity contribution is 0.399. The zero-order valence-corrected chi connectivity index (χ0v) is 9.69. The fourth-order valence-corrected chi connectivity index (χ4v) is 1.92.